The van der Waals surface area contributed by atoms with Crippen LogP contribution in [-0.4, -0.2) is 132 Å². The molecule has 0 aromatic carbocycles. The summed E-state index contributed by atoms with van der Waals surface area (Å²) in [6, 6.07) is 0. The van der Waals surface area contributed by atoms with Gasteiger partial charge in [0.15, 0.2) is 0 Å². The van der Waals surface area contributed by atoms with Crippen LogP contribution in [0.15, 0.2) is 0 Å². The van der Waals surface area contributed by atoms with Crippen LogP contribution in [0.25, 0.3) is 0 Å². The molecule has 95 valence electrons. The molecule has 7 nitrogen and oxygen atoms in total. The Balaban J connectivity index is -0.000000327. The van der Waals surface area contributed by atoms with Crippen molar-refractivity contribution in [1.82, 2.24) is 4.90 Å². The van der Waals surface area contributed by atoms with E-state index < -0.39 is 27.8 Å². The summed E-state index contributed by atoms with van der Waals surface area (Å²) in [6.07, 6.45) is 0.203. The fourth-order valence-electron chi connectivity index (χ4n) is 1.09. The number of hydrogen-bond acceptors (Lipinski definition) is 3. The summed E-state index contributed by atoms with van der Waals surface area (Å²) in [7, 11) is -8.53. The summed E-state index contributed by atoms with van der Waals surface area (Å²) in [4.78, 5) is 35.9. The van der Waals surface area contributed by atoms with Gasteiger partial charge in [0.2, 0.25) is 0 Å². The molecule has 0 saturated heterocycles. The van der Waals surface area contributed by atoms with E-state index in [1.54, 1.807) is 0 Å². The minimum Gasteiger partial charge on any atom is -0.324 e. The molecule has 18 heavy (non-hydrogen) atoms. The van der Waals surface area contributed by atoms with Crippen LogP contribution in [-0.2, 0) is 9.13 Å². The van der Waals surface area contributed by atoms with Crippen molar-refractivity contribution in [1.29, 1.82) is 0 Å². The SMILES string of the molecule is CCCCN(CP(=O)(O)O)CP(=O)(O)O.[Na].[Na].[Na]. The van der Waals surface area contributed by atoms with Crippen LogP contribution in [0, 0.1) is 0 Å². The molecule has 0 unspecified atom stereocenters. The molecular weight excluding hydrogens is 313 g/mol. The van der Waals surface area contributed by atoms with Crippen LogP contribution in [0.4, 0.5) is 0 Å². The molecule has 0 atom stereocenters. The van der Waals surface area contributed by atoms with E-state index in [1.807, 2.05) is 6.92 Å². The van der Waals surface area contributed by atoms with Gasteiger partial charge in [0, 0.05) is 88.7 Å². The quantitative estimate of drug-likeness (QED) is 0.357. The molecule has 4 N–H and O–H groups in total. The third-order valence-electron chi connectivity index (χ3n) is 1.60. The molecule has 0 aromatic rings. The zero-order valence-corrected chi connectivity index (χ0v) is 19.3. The smallest absolute Gasteiger partial charge is 0.324 e. The molecule has 3 radical (unpaired) electrons. The van der Waals surface area contributed by atoms with E-state index in [0.717, 1.165) is 11.3 Å². The Morgan fingerprint density at radius 1 is 0.889 bits per heavy atom. The second kappa shape index (κ2) is 13.9. The molecule has 0 rings (SSSR count). The fourth-order valence-corrected chi connectivity index (χ4v) is 2.77. The zero-order valence-electron chi connectivity index (χ0n) is 11.5. The molecule has 0 aliphatic rings. The monoisotopic (exact) mass is 330 g/mol. The summed E-state index contributed by atoms with van der Waals surface area (Å²) in [6.45, 7) is 2.15. The van der Waals surface area contributed by atoms with E-state index in [-0.39, 0.29) is 95.2 Å². The van der Waals surface area contributed by atoms with E-state index in [1.165, 1.54) is 0 Å². The number of unbranched alkanes of at least 4 members (excludes halogenated alkanes) is 1. The van der Waals surface area contributed by atoms with Crippen LogP contribution in [0.3, 0.4) is 0 Å². The summed E-state index contributed by atoms with van der Waals surface area (Å²) in [5.74, 6) is 0. The molecule has 0 aromatic heterocycles. The Bertz CT molecular complexity index is 258. The topological polar surface area (TPSA) is 118 Å². The minimum absolute atomic E-state index is 0. The molecule has 0 fully saturated rings. The molecule has 0 heterocycles. The minimum atomic E-state index is -4.27. The second-order valence-electron chi connectivity index (χ2n) is 3.36. The molecule has 0 spiro atoms. The van der Waals surface area contributed by atoms with Gasteiger partial charge in [-0.15, -0.1) is 0 Å². The Labute approximate surface area is 174 Å². The molecule has 0 bridgehead atoms. The van der Waals surface area contributed by atoms with Gasteiger partial charge >= 0.3 is 15.2 Å². The molecular formula is C6H17NNa3O6P2. The normalized spacial score (nSPS) is 11.2. The van der Waals surface area contributed by atoms with Crippen molar-refractivity contribution in [2.24, 2.45) is 0 Å². The fraction of sp³-hybridized carbons (Fsp3) is 1.00. The van der Waals surface area contributed by atoms with Crippen molar-refractivity contribution < 1.29 is 28.7 Å². The largest absolute Gasteiger partial charge is 0.339 e. The van der Waals surface area contributed by atoms with Gasteiger partial charge < -0.3 is 19.6 Å². The van der Waals surface area contributed by atoms with Crippen molar-refractivity contribution in [2.45, 2.75) is 19.8 Å². The molecule has 0 aliphatic heterocycles. The van der Waals surface area contributed by atoms with Crippen molar-refractivity contribution >= 4 is 104 Å². The maximum Gasteiger partial charge on any atom is 0.339 e. The van der Waals surface area contributed by atoms with Crippen LogP contribution in [0.2, 0.25) is 0 Å². The first-order chi connectivity index (χ1) is 6.64. The molecule has 12 heteroatoms. The summed E-state index contributed by atoms with van der Waals surface area (Å²) in [5, 5.41) is 0. The van der Waals surface area contributed by atoms with E-state index in [9.17, 15) is 9.13 Å². The first-order valence-electron chi connectivity index (χ1n) is 4.45. The third-order valence-corrected chi connectivity index (χ3v) is 3.13. The van der Waals surface area contributed by atoms with E-state index in [4.69, 9.17) is 19.6 Å². The third kappa shape index (κ3) is 21.6. The van der Waals surface area contributed by atoms with Crippen LogP contribution in [0.1, 0.15) is 19.8 Å². The number of nitrogens with zero attached hydrogens (tertiary/aromatic N) is 1. The maximum atomic E-state index is 10.7. The Hall–Kier alpha value is 3.26. The van der Waals surface area contributed by atoms with Gasteiger partial charge in [0.05, 0.1) is 0 Å². The van der Waals surface area contributed by atoms with Gasteiger partial charge in [0.25, 0.3) is 0 Å². The molecule has 0 saturated carbocycles. The van der Waals surface area contributed by atoms with E-state index in [0.29, 0.717) is 6.42 Å². The van der Waals surface area contributed by atoms with Gasteiger partial charge in [-0.1, -0.05) is 13.3 Å². The number of rotatable bonds is 7. The summed E-state index contributed by atoms with van der Waals surface area (Å²) in [5.41, 5.74) is 0. The standard InChI is InChI=1S/C6H17NO6P2.3Na/c1-2-3-4-7(5-14(8,9)10)6-15(11,12)13;;;/h2-6H2,1H3,(H2,8,9,10)(H2,11,12,13);;;. The molecule has 0 amide bonds. The molecule has 0 aliphatic carbocycles. The van der Waals surface area contributed by atoms with Gasteiger partial charge in [-0.25, -0.2) is 0 Å². The predicted octanol–water partition coefficient (Wildman–Crippen LogP) is -0.784. The van der Waals surface area contributed by atoms with E-state index in [2.05, 4.69) is 0 Å². The zero-order chi connectivity index (χ0) is 12.1. The van der Waals surface area contributed by atoms with Gasteiger partial charge in [-0.2, -0.15) is 0 Å². The van der Waals surface area contributed by atoms with Crippen molar-refractivity contribution in [3.8, 4) is 0 Å². The maximum absolute atomic E-state index is 10.7. The van der Waals surface area contributed by atoms with Gasteiger partial charge in [0.1, 0.15) is 12.6 Å². The first-order valence-corrected chi connectivity index (χ1v) is 8.05. The Morgan fingerprint density at radius 3 is 1.44 bits per heavy atom. The van der Waals surface area contributed by atoms with Crippen molar-refractivity contribution in [3.63, 3.8) is 0 Å². The van der Waals surface area contributed by atoms with Crippen LogP contribution >= 0.6 is 15.2 Å². The predicted molar refractivity (Wildman–Crippen MR) is 72.7 cm³/mol. The average Bonchev–Trinajstić information content (AvgIpc) is 1.94. The first kappa shape index (κ1) is 29.3. The van der Waals surface area contributed by atoms with Gasteiger partial charge in [-0.3, -0.25) is 14.0 Å². The Morgan fingerprint density at radius 2 is 1.22 bits per heavy atom. The summed E-state index contributed by atoms with van der Waals surface area (Å²) >= 11 is 0. The average molecular weight is 330 g/mol. The second-order valence-corrected chi connectivity index (χ2v) is 6.58. The van der Waals surface area contributed by atoms with E-state index >= 15 is 0 Å². The number of hydrogen-bond donors (Lipinski definition) is 4. The van der Waals surface area contributed by atoms with Crippen LogP contribution in [0.5, 0.6) is 0 Å². The van der Waals surface area contributed by atoms with Crippen LogP contribution < -0.4 is 0 Å². The van der Waals surface area contributed by atoms with Crippen molar-refractivity contribution in [3.05, 3.63) is 0 Å². The summed E-state index contributed by atoms with van der Waals surface area (Å²) < 4.78 is 21.4. The van der Waals surface area contributed by atoms with Crippen molar-refractivity contribution in [2.75, 3.05) is 19.1 Å². The van der Waals surface area contributed by atoms with Gasteiger partial charge in [-0.05, 0) is 13.0 Å². The Kier molecular flexibility index (Phi) is 22.6.